The monoisotopic (exact) mass is 562 g/mol. The van der Waals surface area contributed by atoms with E-state index >= 15 is 0 Å². The summed E-state index contributed by atoms with van der Waals surface area (Å²) in [6, 6.07) is 18.5. The zero-order valence-corrected chi connectivity index (χ0v) is 24.0. The van der Waals surface area contributed by atoms with Crippen LogP contribution in [0.2, 0.25) is 0 Å². The minimum absolute atomic E-state index is 0.0119. The van der Waals surface area contributed by atoms with Crippen molar-refractivity contribution in [3.63, 3.8) is 0 Å². The average Bonchev–Trinajstić information content (AvgIpc) is 3.38. The fourth-order valence-corrected chi connectivity index (χ4v) is 3.92. The number of fused-ring (bicyclic) bond motifs is 1. The zero-order chi connectivity index (χ0) is 27.2. The number of aromatic amines is 1. The summed E-state index contributed by atoms with van der Waals surface area (Å²) in [4.78, 5) is 16.2. The van der Waals surface area contributed by atoms with E-state index in [1.54, 1.807) is 6.08 Å². The van der Waals surface area contributed by atoms with Crippen LogP contribution in [-0.2, 0) is 4.79 Å². The molecule has 0 aliphatic heterocycles. The first-order chi connectivity index (χ1) is 17.7. The Labute approximate surface area is 230 Å². The van der Waals surface area contributed by atoms with Crippen LogP contribution in [0.4, 0.5) is 0 Å². The number of hydrogen-bond acceptors (Lipinski definition) is 3. The molecule has 1 heterocycles. The summed E-state index contributed by atoms with van der Waals surface area (Å²) in [5, 5.41) is 7.61. The van der Waals surface area contributed by atoms with Crippen LogP contribution in [-0.4, -0.2) is 35.9 Å². The SMILES string of the molecule is C=C/C(Br)=C(/C)N(C)/C(=C\C(=C)c1ccccc1C)NCCCCNC(C)=O.c1ccc2[nH]ccc2c1. The van der Waals surface area contributed by atoms with Gasteiger partial charge in [0.1, 0.15) is 5.82 Å². The predicted octanol–water partition coefficient (Wildman–Crippen LogP) is 7.27. The number of nitrogens with zero attached hydrogens (tertiary/aromatic N) is 1. The Morgan fingerprint density at radius 1 is 1.03 bits per heavy atom. The number of rotatable bonds is 11. The Morgan fingerprint density at radius 2 is 1.68 bits per heavy atom. The molecule has 1 amide bonds. The minimum atomic E-state index is 0.0119. The number of aryl methyl sites for hydroxylation is 1. The molecule has 0 spiro atoms. The molecule has 0 saturated carbocycles. The zero-order valence-electron chi connectivity index (χ0n) is 22.4. The normalized spacial score (nSPS) is 11.6. The summed E-state index contributed by atoms with van der Waals surface area (Å²) in [7, 11) is 2.02. The number of H-pyrrole nitrogens is 1. The predicted molar refractivity (Wildman–Crippen MR) is 162 cm³/mol. The number of carbonyl (C=O) groups excluding carboxylic acids is 1. The number of unbranched alkanes of at least 4 members (excludes halogenated alkanes) is 1. The Balaban J connectivity index is 0.000000439. The molecule has 0 saturated heterocycles. The van der Waals surface area contributed by atoms with Crippen molar-refractivity contribution in [1.29, 1.82) is 0 Å². The molecule has 37 heavy (non-hydrogen) atoms. The lowest BCUT2D eigenvalue weighted by Crippen LogP contribution is -2.29. The van der Waals surface area contributed by atoms with Gasteiger partial charge < -0.3 is 20.5 Å². The van der Waals surface area contributed by atoms with Crippen molar-refractivity contribution in [2.75, 3.05) is 20.1 Å². The summed E-state index contributed by atoms with van der Waals surface area (Å²) in [5.74, 6) is 0.974. The summed E-state index contributed by atoms with van der Waals surface area (Å²) in [5.41, 5.74) is 5.53. The van der Waals surface area contributed by atoms with E-state index in [0.29, 0.717) is 6.54 Å². The smallest absolute Gasteiger partial charge is 0.216 e. The molecule has 5 nitrogen and oxygen atoms in total. The summed E-state index contributed by atoms with van der Waals surface area (Å²) >= 11 is 3.55. The highest BCUT2D eigenvalue weighted by Gasteiger charge is 2.10. The molecular formula is C31H39BrN4O. The van der Waals surface area contributed by atoms with E-state index in [0.717, 1.165) is 46.5 Å². The lowest BCUT2D eigenvalue weighted by Gasteiger charge is -2.26. The van der Waals surface area contributed by atoms with Crippen LogP contribution in [0.3, 0.4) is 0 Å². The molecule has 3 rings (SSSR count). The van der Waals surface area contributed by atoms with Gasteiger partial charge in [0.2, 0.25) is 5.91 Å². The van der Waals surface area contributed by atoms with Crippen molar-refractivity contribution in [3.05, 3.63) is 113 Å². The second-order valence-corrected chi connectivity index (χ2v) is 9.60. The van der Waals surface area contributed by atoms with Gasteiger partial charge in [-0.25, -0.2) is 0 Å². The van der Waals surface area contributed by atoms with Gasteiger partial charge in [-0.05, 0) is 82.9 Å². The van der Waals surface area contributed by atoms with Gasteiger partial charge in [-0.1, -0.05) is 61.7 Å². The minimum Gasteiger partial charge on any atom is -0.371 e. The maximum Gasteiger partial charge on any atom is 0.216 e. The maximum absolute atomic E-state index is 11.0. The third kappa shape index (κ3) is 9.81. The second kappa shape index (κ2) is 15.6. The fraction of sp³-hybridized carbons (Fsp3) is 0.258. The first-order valence-corrected chi connectivity index (χ1v) is 13.2. The molecule has 6 heteroatoms. The quantitative estimate of drug-likeness (QED) is 0.170. The van der Waals surface area contributed by atoms with Crippen LogP contribution in [0, 0.1) is 6.92 Å². The van der Waals surface area contributed by atoms with Crippen molar-refractivity contribution < 1.29 is 4.79 Å². The van der Waals surface area contributed by atoms with Gasteiger partial charge in [0.05, 0.1) is 0 Å². The number of nitrogens with one attached hydrogen (secondary N) is 3. The molecule has 3 aromatic rings. The standard InChI is InChI=1S/C23H32BrN3O.C8H7N/c1-7-22(24)19(4)27(6)23(26-15-11-10-14-25-20(5)28)16-18(3)21-13-9-8-12-17(21)2;1-2-4-8-7(3-1)5-6-9-8/h7-9,12-13,16,26H,1,3,10-11,14-15H2,2,4-6H3,(H,25,28);1-6,9H/b22-19+,23-16-;. The third-order valence-corrected chi connectivity index (χ3v) is 6.83. The van der Waals surface area contributed by atoms with Gasteiger partial charge in [-0.15, -0.1) is 0 Å². The van der Waals surface area contributed by atoms with Crippen LogP contribution in [0.1, 0.15) is 37.8 Å². The Bertz CT molecular complexity index is 1220. The van der Waals surface area contributed by atoms with E-state index in [-0.39, 0.29) is 5.91 Å². The van der Waals surface area contributed by atoms with Crippen LogP contribution < -0.4 is 10.6 Å². The first-order valence-electron chi connectivity index (χ1n) is 12.4. The van der Waals surface area contributed by atoms with Gasteiger partial charge in [0, 0.05) is 49.0 Å². The van der Waals surface area contributed by atoms with Crippen molar-refractivity contribution in [3.8, 4) is 0 Å². The first kappa shape index (κ1) is 29.7. The van der Waals surface area contributed by atoms with Gasteiger partial charge in [0.15, 0.2) is 0 Å². The number of carbonyl (C=O) groups is 1. The van der Waals surface area contributed by atoms with Gasteiger partial charge >= 0.3 is 0 Å². The summed E-state index contributed by atoms with van der Waals surface area (Å²) in [6.07, 6.45) is 7.68. The van der Waals surface area contributed by atoms with Gasteiger partial charge in [-0.2, -0.15) is 0 Å². The highest BCUT2D eigenvalue weighted by Crippen LogP contribution is 2.23. The topological polar surface area (TPSA) is 60.2 Å². The summed E-state index contributed by atoms with van der Waals surface area (Å²) in [6.45, 7) is 15.3. The van der Waals surface area contributed by atoms with E-state index in [1.165, 1.54) is 23.4 Å². The molecule has 2 aromatic carbocycles. The number of benzene rings is 2. The van der Waals surface area contributed by atoms with Crippen LogP contribution in [0.5, 0.6) is 0 Å². The Kier molecular flexibility index (Phi) is 12.5. The number of halogens is 1. The number of hydrogen-bond donors (Lipinski definition) is 3. The lowest BCUT2D eigenvalue weighted by molar-refractivity contribution is -0.118. The lowest BCUT2D eigenvalue weighted by atomic mass is 10.0. The maximum atomic E-state index is 11.0. The second-order valence-electron chi connectivity index (χ2n) is 8.75. The molecule has 0 bridgehead atoms. The Morgan fingerprint density at radius 3 is 2.32 bits per heavy atom. The summed E-state index contributed by atoms with van der Waals surface area (Å²) < 4.78 is 0.940. The Hall–Kier alpha value is -3.51. The number of aromatic nitrogens is 1. The fourth-order valence-electron chi connectivity index (χ4n) is 3.66. The number of amides is 1. The number of allylic oxidation sites excluding steroid dienone is 5. The van der Waals surface area contributed by atoms with Gasteiger partial charge in [-0.3, -0.25) is 4.79 Å². The van der Waals surface area contributed by atoms with E-state index in [4.69, 9.17) is 0 Å². The molecule has 0 radical (unpaired) electrons. The van der Waals surface area contributed by atoms with Crippen LogP contribution in [0.15, 0.2) is 102 Å². The molecule has 0 aliphatic rings. The van der Waals surface area contributed by atoms with Crippen molar-refractivity contribution in [1.82, 2.24) is 20.5 Å². The molecular weight excluding hydrogens is 524 g/mol. The molecule has 196 valence electrons. The molecule has 0 unspecified atom stereocenters. The molecule has 0 aliphatic carbocycles. The number of para-hydroxylation sites is 1. The average molecular weight is 564 g/mol. The van der Waals surface area contributed by atoms with E-state index in [9.17, 15) is 4.79 Å². The highest BCUT2D eigenvalue weighted by molar-refractivity contribution is 9.11. The molecule has 1 aromatic heterocycles. The highest BCUT2D eigenvalue weighted by atomic mass is 79.9. The molecule has 0 fully saturated rings. The van der Waals surface area contributed by atoms with E-state index in [1.807, 2.05) is 44.4 Å². The van der Waals surface area contributed by atoms with E-state index in [2.05, 4.69) is 92.9 Å². The largest absolute Gasteiger partial charge is 0.371 e. The van der Waals surface area contributed by atoms with Crippen molar-refractivity contribution in [2.45, 2.75) is 33.6 Å². The van der Waals surface area contributed by atoms with Gasteiger partial charge in [0.25, 0.3) is 0 Å². The van der Waals surface area contributed by atoms with Crippen LogP contribution >= 0.6 is 15.9 Å². The van der Waals surface area contributed by atoms with E-state index < -0.39 is 0 Å². The van der Waals surface area contributed by atoms with Crippen molar-refractivity contribution >= 4 is 38.3 Å². The van der Waals surface area contributed by atoms with Crippen molar-refractivity contribution in [2.24, 2.45) is 0 Å². The molecule has 0 atom stereocenters. The third-order valence-electron chi connectivity index (χ3n) is 5.94. The van der Waals surface area contributed by atoms with Crippen LogP contribution in [0.25, 0.3) is 16.5 Å². The molecule has 3 N–H and O–H groups in total.